The molecular formula is C47H32O. The average molecular weight is 613 g/mol. The summed E-state index contributed by atoms with van der Waals surface area (Å²) in [5, 5.41) is 7.26. The molecule has 0 spiro atoms. The maximum absolute atomic E-state index is 6.86. The number of furan rings is 1. The number of hydrogen-bond acceptors (Lipinski definition) is 1. The van der Waals surface area contributed by atoms with Crippen LogP contribution >= 0.6 is 0 Å². The van der Waals surface area contributed by atoms with Gasteiger partial charge in [-0.1, -0.05) is 153 Å². The lowest BCUT2D eigenvalue weighted by atomic mass is 9.80. The molecule has 226 valence electrons. The van der Waals surface area contributed by atoms with Gasteiger partial charge in [-0.15, -0.1) is 0 Å². The van der Waals surface area contributed by atoms with Gasteiger partial charge in [0, 0.05) is 27.3 Å². The van der Waals surface area contributed by atoms with Gasteiger partial charge >= 0.3 is 0 Å². The number of benzene rings is 8. The predicted octanol–water partition coefficient (Wildman–Crippen LogP) is 13.2. The van der Waals surface area contributed by atoms with Crippen molar-refractivity contribution in [3.05, 3.63) is 169 Å². The highest BCUT2D eigenvalue weighted by atomic mass is 16.3. The van der Waals surface area contributed by atoms with Crippen LogP contribution in [-0.4, -0.2) is 0 Å². The Morgan fingerprint density at radius 1 is 0.417 bits per heavy atom. The number of rotatable bonds is 3. The highest BCUT2D eigenvalue weighted by Crippen LogP contribution is 2.52. The van der Waals surface area contributed by atoms with Crippen LogP contribution < -0.4 is 0 Å². The highest BCUT2D eigenvalue weighted by molar-refractivity contribution is 6.26. The van der Waals surface area contributed by atoms with Crippen molar-refractivity contribution in [1.82, 2.24) is 0 Å². The Hall–Kier alpha value is -5.92. The fourth-order valence-electron chi connectivity index (χ4n) is 8.29. The molecular weight excluding hydrogens is 581 g/mol. The maximum Gasteiger partial charge on any atom is 0.144 e. The largest absolute Gasteiger partial charge is 0.455 e. The van der Waals surface area contributed by atoms with Gasteiger partial charge in [0.15, 0.2) is 0 Å². The fraction of sp³-hybridized carbons (Fsp3) is 0.0638. The van der Waals surface area contributed by atoms with Gasteiger partial charge in [0.25, 0.3) is 0 Å². The summed E-state index contributed by atoms with van der Waals surface area (Å²) in [6.07, 6.45) is 0. The average Bonchev–Trinajstić information content (AvgIpc) is 3.62. The molecule has 0 amide bonds. The minimum atomic E-state index is -0.0813. The molecule has 1 aromatic heterocycles. The Morgan fingerprint density at radius 2 is 1.02 bits per heavy atom. The number of hydrogen-bond donors (Lipinski definition) is 0. The van der Waals surface area contributed by atoms with E-state index in [0.717, 1.165) is 27.7 Å². The van der Waals surface area contributed by atoms with E-state index in [2.05, 4.69) is 172 Å². The van der Waals surface area contributed by atoms with Crippen molar-refractivity contribution in [2.45, 2.75) is 19.3 Å². The molecule has 1 aliphatic carbocycles. The molecule has 0 N–H and O–H groups in total. The Balaban J connectivity index is 1.22. The van der Waals surface area contributed by atoms with E-state index in [0.29, 0.717) is 0 Å². The molecule has 1 heteroatoms. The van der Waals surface area contributed by atoms with Gasteiger partial charge in [0.2, 0.25) is 0 Å². The van der Waals surface area contributed by atoms with Gasteiger partial charge in [-0.2, -0.15) is 0 Å². The van der Waals surface area contributed by atoms with Crippen LogP contribution in [0.4, 0.5) is 0 Å². The summed E-state index contributed by atoms with van der Waals surface area (Å²) in [6.45, 7) is 4.71. The van der Waals surface area contributed by atoms with E-state index in [4.69, 9.17) is 4.42 Å². The molecule has 0 unspecified atom stereocenters. The molecule has 0 saturated heterocycles. The van der Waals surface area contributed by atoms with Crippen molar-refractivity contribution in [3.8, 4) is 44.5 Å². The second-order valence-corrected chi connectivity index (χ2v) is 13.7. The maximum atomic E-state index is 6.86. The standard InChI is InChI=1S/C47H32O/c1-47(2)40-17-9-7-13-35(40)36-26-25-34(28-41(36)47)43-37-14-5-6-15-38(37)44(46-45(43)39-16-8-10-18-42(39)48-46)31-22-19-30(20-23-31)33-24-21-29-11-3-4-12-32(29)27-33/h3-28H,1-2H3. The van der Waals surface area contributed by atoms with Gasteiger partial charge in [0.05, 0.1) is 0 Å². The van der Waals surface area contributed by atoms with Crippen LogP contribution in [0, 0.1) is 0 Å². The van der Waals surface area contributed by atoms with Crippen LogP contribution in [0.25, 0.3) is 88.0 Å². The molecule has 0 radical (unpaired) electrons. The summed E-state index contributed by atoms with van der Waals surface area (Å²) in [5.41, 5.74) is 14.4. The summed E-state index contributed by atoms with van der Waals surface area (Å²) in [6, 6.07) is 57.6. The zero-order valence-electron chi connectivity index (χ0n) is 26.9. The smallest absolute Gasteiger partial charge is 0.144 e. The first-order valence-corrected chi connectivity index (χ1v) is 16.8. The summed E-state index contributed by atoms with van der Waals surface area (Å²) in [7, 11) is 0. The van der Waals surface area contributed by atoms with Crippen molar-refractivity contribution in [2.75, 3.05) is 0 Å². The highest BCUT2D eigenvalue weighted by Gasteiger charge is 2.35. The summed E-state index contributed by atoms with van der Waals surface area (Å²) in [5.74, 6) is 0. The molecule has 10 rings (SSSR count). The SMILES string of the molecule is CC1(C)c2ccccc2-c2ccc(-c3c4ccccc4c(-c4ccc(-c5ccc6ccccc6c5)cc4)c4oc5ccccc5c34)cc21. The van der Waals surface area contributed by atoms with Crippen molar-refractivity contribution in [2.24, 2.45) is 0 Å². The first kappa shape index (κ1) is 27.2. The Labute approximate surface area is 279 Å². The number of fused-ring (bicyclic) bond motifs is 8. The lowest BCUT2D eigenvalue weighted by Crippen LogP contribution is -2.14. The molecule has 0 saturated carbocycles. The lowest BCUT2D eigenvalue weighted by Gasteiger charge is -2.22. The van der Waals surface area contributed by atoms with Crippen molar-refractivity contribution >= 4 is 43.5 Å². The van der Waals surface area contributed by atoms with Crippen molar-refractivity contribution < 1.29 is 4.42 Å². The van der Waals surface area contributed by atoms with Gasteiger partial charge < -0.3 is 4.42 Å². The molecule has 0 fully saturated rings. The fourth-order valence-corrected chi connectivity index (χ4v) is 8.29. The second kappa shape index (κ2) is 10.0. The van der Waals surface area contributed by atoms with Crippen LogP contribution in [0.15, 0.2) is 162 Å². The predicted molar refractivity (Wildman–Crippen MR) is 203 cm³/mol. The molecule has 48 heavy (non-hydrogen) atoms. The van der Waals surface area contributed by atoms with E-state index < -0.39 is 0 Å². The van der Waals surface area contributed by atoms with Gasteiger partial charge in [-0.3, -0.25) is 0 Å². The topological polar surface area (TPSA) is 13.1 Å². The molecule has 0 aliphatic heterocycles. The summed E-state index contributed by atoms with van der Waals surface area (Å²) >= 11 is 0. The Morgan fingerprint density at radius 3 is 1.85 bits per heavy atom. The first-order valence-electron chi connectivity index (χ1n) is 16.8. The van der Waals surface area contributed by atoms with Crippen LogP contribution in [0.5, 0.6) is 0 Å². The Bertz CT molecular complexity index is 2740. The molecule has 8 aromatic carbocycles. The van der Waals surface area contributed by atoms with Crippen molar-refractivity contribution in [1.29, 1.82) is 0 Å². The first-order chi connectivity index (χ1) is 23.6. The monoisotopic (exact) mass is 612 g/mol. The third kappa shape index (κ3) is 3.85. The van der Waals surface area contributed by atoms with Gasteiger partial charge in [0.1, 0.15) is 11.2 Å². The summed E-state index contributed by atoms with van der Waals surface area (Å²) < 4.78 is 6.86. The van der Waals surface area contributed by atoms with E-state index in [-0.39, 0.29) is 5.41 Å². The van der Waals surface area contributed by atoms with Crippen LogP contribution in [0.1, 0.15) is 25.0 Å². The van der Waals surface area contributed by atoms with E-state index in [1.54, 1.807) is 0 Å². The van der Waals surface area contributed by atoms with E-state index >= 15 is 0 Å². The van der Waals surface area contributed by atoms with E-state index in [1.165, 1.54) is 71.4 Å². The van der Waals surface area contributed by atoms with E-state index in [9.17, 15) is 0 Å². The molecule has 0 bridgehead atoms. The third-order valence-electron chi connectivity index (χ3n) is 10.7. The minimum Gasteiger partial charge on any atom is -0.455 e. The normalized spacial score (nSPS) is 13.4. The van der Waals surface area contributed by atoms with Gasteiger partial charge in [-0.25, -0.2) is 0 Å². The van der Waals surface area contributed by atoms with E-state index in [1.807, 2.05) is 0 Å². The molecule has 1 nitrogen and oxygen atoms in total. The Kier molecular flexibility index (Phi) is 5.69. The minimum absolute atomic E-state index is 0.0813. The summed E-state index contributed by atoms with van der Waals surface area (Å²) in [4.78, 5) is 0. The molecule has 9 aromatic rings. The second-order valence-electron chi connectivity index (χ2n) is 13.7. The molecule has 1 aliphatic rings. The third-order valence-corrected chi connectivity index (χ3v) is 10.7. The zero-order chi connectivity index (χ0) is 32.0. The quantitative estimate of drug-likeness (QED) is 0.193. The van der Waals surface area contributed by atoms with Crippen molar-refractivity contribution in [3.63, 3.8) is 0 Å². The van der Waals surface area contributed by atoms with Crippen LogP contribution in [-0.2, 0) is 5.41 Å². The molecule has 1 heterocycles. The van der Waals surface area contributed by atoms with Crippen LogP contribution in [0.2, 0.25) is 0 Å². The number of para-hydroxylation sites is 1. The van der Waals surface area contributed by atoms with Crippen LogP contribution in [0.3, 0.4) is 0 Å². The van der Waals surface area contributed by atoms with Gasteiger partial charge in [-0.05, 0) is 84.3 Å². The molecule has 0 atom stereocenters. The zero-order valence-corrected chi connectivity index (χ0v) is 26.9. The lowest BCUT2D eigenvalue weighted by molar-refractivity contribution is 0.660.